The molecular formula is C27H29NO3. The largest absolute Gasteiger partial charge is 0.489 e. The van der Waals surface area contributed by atoms with Crippen molar-refractivity contribution >= 4 is 0 Å². The molecular weight excluding hydrogens is 386 g/mol. The van der Waals surface area contributed by atoms with Crippen molar-refractivity contribution in [3.63, 3.8) is 0 Å². The van der Waals surface area contributed by atoms with E-state index >= 15 is 0 Å². The van der Waals surface area contributed by atoms with Gasteiger partial charge in [-0.2, -0.15) is 0 Å². The average molecular weight is 416 g/mol. The first-order valence-corrected chi connectivity index (χ1v) is 11.2. The zero-order valence-corrected chi connectivity index (χ0v) is 17.6. The molecule has 0 aliphatic carbocycles. The van der Waals surface area contributed by atoms with Crippen LogP contribution in [0.1, 0.15) is 30.1 Å². The van der Waals surface area contributed by atoms with Gasteiger partial charge in [-0.05, 0) is 66.2 Å². The Labute approximate surface area is 183 Å². The molecule has 6 rings (SSSR count). The lowest BCUT2D eigenvalue weighted by molar-refractivity contribution is -0.116. The highest BCUT2D eigenvalue weighted by atomic mass is 16.5. The summed E-state index contributed by atoms with van der Waals surface area (Å²) in [4.78, 5) is 2.25. The van der Waals surface area contributed by atoms with Crippen molar-refractivity contribution in [1.82, 2.24) is 4.90 Å². The third-order valence-corrected chi connectivity index (χ3v) is 6.84. The summed E-state index contributed by atoms with van der Waals surface area (Å²) in [5.74, 6) is 1.17. The molecule has 4 heteroatoms. The van der Waals surface area contributed by atoms with Crippen molar-refractivity contribution in [3.05, 3.63) is 90.0 Å². The maximum Gasteiger partial charge on any atom is 0.119 e. The Morgan fingerprint density at radius 3 is 2.06 bits per heavy atom. The number of hydrogen-bond acceptors (Lipinski definition) is 4. The van der Waals surface area contributed by atoms with Gasteiger partial charge in [-0.25, -0.2) is 0 Å². The molecule has 3 heterocycles. The second-order valence-electron chi connectivity index (χ2n) is 8.72. The molecule has 0 saturated carbocycles. The summed E-state index contributed by atoms with van der Waals surface area (Å²) in [5.41, 5.74) is 4.21. The summed E-state index contributed by atoms with van der Waals surface area (Å²) in [5, 5.41) is 21.6. The molecule has 3 aromatic rings. The number of ether oxygens (including phenoxy) is 1. The van der Waals surface area contributed by atoms with E-state index in [-0.39, 0.29) is 6.04 Å². The van der Waals surface area contributed by atoms with Gasteiger partial charge in [-0.1, -0.05) is 66.7 Å². The summed E-state index contributed by atoms with van der Waals surface area (Å²) in [6, 6.07) is 26.1. The number of fused-ring (bicyclic) bond motifs is 3. The van der Waals surface area contributed by atoms with Crippen LogP contribution in [0.4, 0.5) is 0 Å². The Morgan fingerprint density at radius 1 is 0.839 bits per heavy atom. The minimum Gasteiger partial charge on any atom is -0.489 e. The maximum absolute atomic E-state index is 11.0. The molecule has 160 valence electrons. The quantitative estimate of drug-likeness (QED) is 0.626. The van der Waals surface area contributed by atoms with E-state index in [1.54, 1.807) is 0 Å². The number of benzene rings is 3. The molecule has 3 aliphatic heterocycles. The molecule has 3 unspecified atom stereocenters. The van der Waals surface area contributed by atoms with Gasteiger partial charge in [0, 0.05) is 0 Å². The normalized spacial score (nSPS) is 25.9. The molecule has 0 spiro atoms. The summed E-state index contributed by atoms with van der Waals surface area (Å²) in [7, 11) is 0. The Bertz CT molecular complexity index is 977. The Morgan fingerprint density at radius 2 is 1.45 bits per heavy atom. The van der Waals surface area contributed by atoms with Crippen LogP contribution in [0, 0.1) is 5.92 Å². The van der Waals surface area contributed by atoms with Crippen LogP contribution in [-0.4, -0.2) is 40.3 Å². The summed E-state index contributed by atoms with van der Waals surface area (Å²) in [6.45, 7) is 2.50. The molecule has 2 N–H and O–H groups in total. The second-order valence-corrected chi connectivity index (χ2v) is 8.72. The van der Waals surface area contributed by atoms with Gasteiger partial charge >= 0.3 is 0 Å². The first kappa shape index (κ1) is 20.3. The zero-order valence-electron chi connectivity index (χ0n) is 17.6. The number of aliphatic hydroxyl groups is 2. The van der Waals surface area contributed by atoms with E-state index in [2.05, 4.69) is 29.2 Å². The van der Waals surface area contributed by atoms with Crippen molar-refractivity contribution in [2.75, 3.05) is 13.1 Å². The lowest BCUT2D eigenvalue weighted by Gasteiger charge is -2.50. The van der Waals surface area contributed by atoms with Crippen LogP contribution in [0.3, 0.4) is 0 Å². The van der Waals surface area contributed by atoms with Crippen LogP contribution in [-0.2, 0) is 6.61 Å². The Balaban J connectivity index is 1.24. The molecule has 3 atom stereocenters. The van der Waals surface area contributed by atoms with Gasteiger partial charge in [0.25, 0.3) is 0 Å². The van der Waals surface area contributed by atoms with Crippen molar-refractivity contribution in [3.8, 4) is 16.9 Å². The van der Waals surface area contributed by atoms with E-state index in [4.69, 9.17) is 4.74 Å². The van der Waals surface area contributed by atoms with Gasteiger partial charge in [0.2, 0.25) is 0 Å². The Kier molecular flexibility index (Phi) is 5.77. The van der Waals surface area contributed by atoms with Gasteiger partial charge in [-0.15, -0.1) is 0 Å². The van der Waals surface area contributed by atoms with Crippen LogP contribution in [0.5, 0.6) is 5.75 Å². The van der Waals surface area contributed by atoms with Crippen molar-refractivity contribution in [1.29, 1.82) is 0 Å². The average Bonchev–Trinajstić information content (AvgIpc) is 2.84. The fraction of sp³-hybridized carbons (Fsp3) is 0.333. The van der Waals surface area contributed by atoms with E-state index in [0.29, 0.717) is 12.5 Å². The SMILES string of the molecule is OC(c1ccc(-c2ccc(OCc3ccccc3)cc2)cc1)C1C(O)C2CCN1CC2. The van der Waals surface area contributed by atoms with Crippen LogP contribution in [0.2, 0.25) is 0 Å². The highest BCUT2D eigenvalue weighted by Crippen LogP contribution is 2.38. The van der Waals surface area contributed by atoms with Gasteiger partial charge in [0.1, 0.15) is 12.4 Å². The van der Waals surface area contributed by atoms with Crippen LogP contribution >= 0.6 is 0 Å². The number of hydrogen-bond donors (Lipinski definition) is 2. The van der Waals surface area contributed by atoms with Crippen LogP contribution in [0.25, 0.3) is 11.1 Å². The first-order valence-electron chi connectivity index (χ1n) is 11.2. The third kappa shape index (κ3) is 4.24. The van der Waals surface area contributed by atoms with Crippen molar-refractivity contribution < 1.29 is 14.9 Å². The smallest absolute Gasteiger partial charge is 0.119 e. The summed E-state index contributed by atoms with van der Waals surface area (Å²) in [6.07, 6.45) is 0.962. The first-order chi connectivity index (χ1) is 15.2. The fourth-order valence-electron chi connectivity index (χ4n) is 4.99. The highest BCUT2D eigenvalue weighted by Gasteiger charge is 2.44. The standard InChI is InChI=1S/C27H29NO3/c29-26(25-27(30)23-14-16-28(25)17-15-23)22-8-6-20(7-9-22)21-10-12-24(13-11-21)31-18-19-4-2-1-3-5-19/h1-13,23,25-27,29-30H,14-18H2. The molecule has 3 aromatic carbocycles. The number of piperidine rings is 3. The number of nitrogens with zero attached hydrogens (tertiary/aromatic N) is 1. The molecule has 3 fully saturated rings. The maximum atomic E-state index is 11.0. The molecule has 0 aromatic heterocycles. The fourth-order valence-corrected chi connectivity index (χ4v) is 4.99. The zero-order chi connectivity index (χ0) is 21.2. The minimum atomic E-state index is -0.666. The lowest BCUT2D eigenvalue weighted by Crippen LogP contribution is -2.59. The van der Waals surface area contributed by atoms with Gasteiger partial charge in [-0.3, -0.25) is 4.90 Å². The molecule has 31 heavy (non-hydrogen) atoms. The topological polar surface area (TPSA) is 52.9 Å². The Hall–Kier alpha value is -2.66. The van der Waals surface area contributed by atoms with E-state index in [1.807, 2.05) is 54.6 Å². The molecule has 3 saturated heterocycles. The summed E-state index contributed by atoms with van der Waals surface area (Å²) >= 11 is 0. The second kappa shape index (κ2) is 8.83. The van der Waals surface area contributed by atoms with E-state index < -0.39 is 12.2 Å². The number of rotatable bonds is 6. The van der Waals surface area contributed by atoms with Crippen molar-refractivity contribution in [2.24, 2.45) is 5.92 Å². The van der Waals surface area contributed by atoms with E-state index in [1.165, 1.54) is 0 Å². The molecule has 0 amide bonds. The van der Waals surface area contributed by atoms with Gasteiger partial charge < -0.3 is 14.9 Å². The van der Waals surface area contributed by atoms with E-state index in [9.17, 15) is 10.2 Å². The molecule has 2 bridgehead atoms. The molecule has 0 radical (unpaired) electrons. The minimum absolute atomic E-state index is 0.195. The third-order valence-electron chi connectivity index (χ3n) is 6.84. The monoisotopic (exact) mass is 415 g/mol. The van der Waals surface area contributed by atoms with Crippen LogP contribution in [0.15, 0.2) is 78.9 Å². The van der Waals surface area contributed by atoms with Gasteiger partial charge in [0.15, 0.2) is 0 Å². The predicted octanol–water partition coefficient (Wildman–Crippen LogP) is 4.42. The van der Waals surface area contributed by atoms with Crippen LogP contribution < -0.4 is 4.74 Å². The highest BCUT2D eigenvalue weighted by molar-refractivity contribution is 5.64. The number of aliphatic hydroxyl groups excluding tert-OH is 2. The van der Waals surface area contributed by atoms with Crippen molar-refractivity contribution in [2.45, 2.75) is 37.7 Å². The van der Waals surface area contributed by atoms with Gasteiger partial charge in [0.05, 0.1) is 18.2 Å². The molecule has 4 nitrogen and oxygen atoms in total. The lowest BCUT2D eigenvalue weighted by atomic mass is 9.77. The van der Waals surface area contributed by atoms with E-state index in [0.717, 1.165) is 53.9 Å². The predicted molar refractivity (Wildman–Crippen MR) is 122 cm³/mol. The molecule has 3 aliphatic rings. The summed E-state index contributed by atoms with van der Waals surface area (Å²) < 4.78 is 5.87.